The van der Waals surface area contributed by atoms with Crippen molar-refractivity contribution in [2.75, 3.05) is 0 Å². The zero-order chi connectivity index (χ0) is 13.1. The molecule has 7 heteroatoms. The summed E-state index contributed by atoms with van der Waals surface area (Å²) in [5.41, 5.74) is 0.630. The van der Waals surface area contributed by atoms with Gasteiger partial charge in [-0.1, -0.05) is 34.8 Å². The average Bonchev–Trinajstić information content (AvgIpc) is 2.73. The summed E-state index contributed by atoms with van der Waals surface area (Å²) in [6, 6.07) is 3.21. The predicted octanol–water partition coefficient (Wildman–Crippen LogP) is 4.44. The monoisotopic (exact) mass is 321 g/mol. The van der Waals surface area contributed by atoms with Crippen LogP contribution in [0.3, 0.4) is 0 Å². The molecule has 0 aliphatic rings. The molecule has 1 aromatic heterocycles. The largest absolute Gasteiger partial charge is 0.462 e. The molecule has 0 radical (unpaired) electrons. The molecule has 1 heterocycles. The zero-order valence-corrected chi connectivity index (χ0v) is 11.9. The molecule has 0 atom stereocenters. The van der Waals surface area contributed by atoms with E-state index < -0.39 is 0 Å². The van der Waals surface area contributed by atoms with Crippen molar-refractivity contribution in [1.82, 2.24) is 4.98 Å². The van der Waals surface area contributed by atoms with Gasteiger partial charge in [-0.25, -0.2) is 4.98 Å². The fourth-order valence-electron chi connectivity index (χ4n) is 1.35. The molecule has 0 unspecified atom stereocenters. The summed E-state index contributed by atoms with van der Waals surface area (Å²) in [4.78, 5) is 15.1. The Kier molecular flexibility index (Phi) is 4.45. The van der Waals surface area contributed by atoms with E-state index in [1.165, 1.54) is 11.3 Å². The van der Waals surface area contributed by atoms with Gasteiger partial charge in [-0.15, -0.1) is 11.3 Å². The number of thiazole rings is 1. The van der Waals surface area contributed by atoms with Crippen LogP contribution in [0.4, 0.5) is 0 Å². The molecular weight excluding hydrogens is 317 g/mol. The number of benzene rings is 1. The second-order valence-corrected chi connectivity index (χ2v) is 5.65. The van der Waals surface area contributed by atoms with Gasteiger partial charge in [0.1, 0.15) is 11.6 Å². The van der Waals surface area contributed by atoms with E-state index in [9.17, 15) is 4.79 Å². The summed E-state index contributed by atoms with van der Waals surface area (Å²) in [5, 5.41) is 2.00. The Balaban J connectivity index is 2.37. The smallest absolute Gasteiger partial charge is 0.293 e. The molecule has 0 N–H and O–H groups in total. The van der Waals surface area contributed by atoms with Crippen molar-refractivity contribution >= 4 is 52.6 Å². The summed E-state index contributed by atoms with van der Waals surface area (Å²) in [6.07, 6.45) is 1.62. The molecule has 3 nitrogen and oxygen atoms in total. The lowest BCUT2D eigenvalue weighted by molar-refractivity contribution is -0.129. The molecular formula is C11H6Cl3NO2S. The second-order valence-electron chi connectivity index (χ2n) is 3.28. The number of ether oxygens (including phenoxy) is 1. The highest BCUT2D eigenvalue weighted by molar-refractivity contribution is 7.15. The van der Waals surface area contributed by atoms with Crippen LogP contribution in [0.25, 0.3) is 10.6 Å². The molecule has 1 aromatic carbocycles. The lowest BCUT2D eigenvalue weighted by Crippen LogP contribution is -1.84. The van der Waals surface area contributed by atoms with Gasteiger partial charge in [0.15, 0.2) is 0 Å². The average molecular weight is 323 g/mol. The fourth-order valence-corrected chi connectivity index (χ4v) is 3.37. The molecule has 2 aromatic rings. The van der Waals surface area contributed by atoms with Crippen LogP contribution in [0.1, 0.15) is 4.88 Å². The van der Waals surface area contributed by atoms with Crippen molar-refractivity contribution in [3.8, 4) is 10.6 Å². The molecule has 0 bridgehead atoms. The minimum absolute atomic E-state index is 0.185. The molecule has 0 aliphatic heterocycles. The van der Waals surface area contributed by atoms with Crippen LogP contribution < -0.4 is 0 Å². The van der Waals surface area contributed by atoms with E-state index in [4.69, 9.17) is 34.8 Å². The number of halogens is 3. The van der Waals surface area contributed by atoms with Gasteiger partial charge >= 0.3 is 0 Å². The number of aromatic nitrogens is 1. The van der Waals surface area contributed by atoms with Crippen molar-refractivity contribution in [2.45, 2.75) is 6.61 Å². The minimum Gasteiger partial charge on any atom is -0.462 e. The molecule has 0 fully saturated rings. The van der Waals surface area contributed by atoms with E-state index in [0.29, 0.717) is 32.1 Å². The Morgan fingerprint density at radius 2 is 1.94 bits per heavy atom. The fraction of sp³-hybridized carbons (Fsp3) is 0.0909. The lowest BCUT2D eigenvalue weighted by Gasteiger charge is -2.04. The number of rotatable bonds is 4. The van der Waals surface area contributed by atoms with Crippen molar-refractivity contribution in [1.29, 1.82) is 0 Å². The van der Waals surface area contributed by atoms with Gasteiger partial charge in [-0.3, -0.25) is 4.79 Å². The van der Waals surface area contributed by atoms with E-state index in [-0.39, 0.29) is 6.61 Å². The number of nitrogens with zero attached hydrogens (tertiary/aromatic N) is 1. The van der Waals surface area contributed by atoms with Gasteiger partial charge in [0.2, 0.25) is 0 Å². The number of carbonyl (C=O) groups excluding carboxylic acids is 1. The third-order valence-electron chi connectivity index (χ3n) is 2.07. The summed E-state index contributed by atoms with van der Waals surface area (Å²) >= 11 is 19.4. The number of hydrogen-bond donors (Lipinski definition) is 0. The highest BCUT2D eigenvalue weighted by Gasteiger charge is 2.14. The van der Waals surface area contributed by atoms with E-state index in [1.807, 2.05) is 0 Å². The Labute approximate surface area is 122 Å². The predicted molar refractivity (Wildman–Crippen MR) is 73.4 cm³/mol. The maximum atomic E-state index is 10.1. The topological polar surface area (TPSA) is 39.2 Å². The van der Waals surface area contributed by atoms with Crippen LogP contribution in [0.5, 0.6) is 0 Å². The summed E-state index contributed by atoms with van der Waals surface area (Å²) in [7, 11) is 0. The third kappa shape index (κ3) is 2.95. The molecule has 18 heavy (non-hydrogen) atoms. The molecule has 0 spiro atoms. The second kappa shape index (κ2) is 5.89. The third-order valence-corrected chi connectivity index (χ3v) is 3.87. The van der Waals surface area contributed by atoms with Gasteiger partial charge in [-0.05, 0) is 12.1 Å². The van der Waals surface area contributed by atoms with Gasteiger partial charge in [0.05, 0.1) is 14.9 Å². The van der Waals surface area contributed by atoms with E-state index in [1.54, 1.807) is 18.3 Å². The first-order chi connectivity index (χ1) is 8.61. The maximum Gasteiger partial charge on any atom is 0.293 e. The number of carbonyl (C=O) groups is 1. The first kappa shape index (κ1) is 13.6. The molecule has 0 saturated carbocycles. The summed E-state index contributed by atoms with van der Waals surface area (Å²) < 4.78 is 4.65. The Hall–Kier alpha value is -0.810. The van der Waals surface area contributed by atoms with Crippen LogP contribution in [0, 0.1) is 0 Å². The molecule has 0 saturated heterocycles. The molecule has 0 amide bonds. The summed E-state index contributed by atoms with van der Waals surface area (Å²) in [6.45, 7) is 0.575. The van der Waals surface area contributed by atoms with E-state index in [2.05, 4.69) is 9.72 Å². The quantitative estimate of drug-likeness (QED) is 0.781. The van der Waals surface area contributed by atoms with Crippen molar-refractivity contribution < 1.29 is 9.53 Å². The highest BCUT2D eigenvalue weighted by atomic mass is 35.5. The Morgan fingerprint density at radius 1 is 1.28 bits per heavy atom. The van der Waals surface area contributed by atoms with Crippen LogP contribution in [-0.4, -0.2) is 11.5 Å². The maximum absolute atomic E-state index is 10.1. The first-order valence-electron chi connectivity index (χ1n) is 4.76. The molecule has 0 aliphatic carbocycles. The van der Waals surface area contributed by atoms with Crippen LogP contribution in [-0.2, 0) is 16.1 Å². The Bertz CT molecular complexity index is 562. The zero-order valence-electron chi connectivity index (χ0n) is 8.82. The van der Waals surface area contributed by atoms with Crippen molar-refractivity contribution in [2.24, 2.45) is 0 Å². The number of hydrogen-bond acceptors (Lipinski definition) is 4. The summed E-state index contributed by atoms with van der Waals surface area (Å²) in [5.74, 6) is 0. The minimum atomic E-state index is 0.185. The first-order valence-corrected chi connectivity index (χ1v) is 6.71. The van der Waals surface area contributed by atoms with Crippen molar-refractivity contribution in [3.63, 3.8) is 0 Å². The SMILES string of the molecule is O=COCc1cnc(-c2c(Cl)cc(Cl)cc2Cl)s1. The molecule has 2 rings (SSSR count). The van der Waals surface area contributed by atoms with Gasteiger partial charge < -0.3 is 4.74 Å². The van der Waals surface area contributed by atoms with Crippen molar-refractivity contribution in [3.05, 3.63) is 38.3 Å². The Morgan fingerprint density at radius 3 is 2.56 bits per heavy atom. The van der Waals surface area contributed by atoms with Crippen LogP contribution in [0.2, 0.25) is 15.1 Å². The van der Waals surface area contributed by atoms with E-state index in [0.717, 1.165) is 4.88 Å². The van der Waals surface area contributed by atoms with Crippen LogP contribution in [0.15, 0.2) is 18.3 Å². The van der Waals surface area contributed by atoms with Gasteiger partial charge in [-0.2, -0.15) is 0 Å². The standard InChI is InChI=1S/C11H6Cl3NO2S/c12-6-1-8(13)10(9(14)2-6)11-15-3-7(18-11)4-17-5-16/h1-3,5H,4H2. The normalized spacial score (nSPS) is 10.4. The van der Waals surface area contributed by atoms with Gasteiger partial charge in [0.25, 0.3) is 6.47 Å². The van der Waals surface area contributed by atoms with Crippen LogP contribution >= 0.6 is 46.1 Å². The van der Waals surface area contributed by atoms with E-state index >= 15 is 0 Å². The molecule has 94 valence electrons. The highest BCUT2D eigenvalue weighted by Crippen LogP contribution is 2.38. The lowest BCUT2D eigenvalue weighted by atomic mass is 10.2. The van der Waals surface area contributed by atoms with Gasteiger partial charge in [0, 0.05) is 16.8 Å².